The SMILES string of the molecule is CCC(C#N)N1CCN(c2cccc(OC)c2)CC1. The molecule has 1 aliphatic heterocycles. The molecule has 2 rings (SSSR count). The van der Waals surface area contributed by atoms with E-state index in [-0.39, 0.29) is 6.04 Å². The standard InChI is InChI=1S/C15H21N3O/c1-3-13(12-16)17-7-9-18(10-8-17)14-5-4-6-15(11-14)19-2/h4-6,11,13H,3,7-10H2,1-2H3. The number of rotatable bonds is 4. The van der Waals surface area contributed by atoms with Crippen LogP contribution < -0.4 is 9.64 Å². The molecule has 1 aromatic rings. The van der Waals surface area contributed by atoms with Crippen molar-refractivity contribution in [2.24, 2.45) is 0 Å². The maximum absolute atomic E-state index is 9.11. The molecule has 0 spiro atoms. The first-order valence-electron chi connectivity index (χ1n) is 6.81. The number of benzene rings is 1. The summed E-state index contributed by atoms with van der Waals surface area (Å²) in [4.78, 5) is 4.62. The molecule has 1 fully saturated rings. The van der Waals surface area contributed by atoms with Gasteiger partial charge in [-0.15, -0.1) is 0 Å². The molecule has 0 saturated carbocycles. The van der Waals surface area contributed by atoms with Crippen molar-refractivity contribution < 1.29 is 4.74 Å². The number of nitrogens with zero attached hydrogens (tertiary/aromatic N) is 3. The lowest BCUT2D eigenvalue weighted by molar-refractivity contribution is 0.216. The molecule has 0 aliphatic carbocycles. The molecule has 0 amide bonds. The van der Waals surface area contributed by atoms with E-state index in [0.29, 0.717) is 0 Å². The van der Waals surface area contributed by atoms with Crippen molar-refractivity contribution in [2.75, 3.05) is 38.2 Å². The molecule has 19 heavy (non-hydrogen) atoms. The van der Waals surface area contributed by atoms with Gasteiger partial charge in [-0.05, 0) is 18.6 Å². The Balaban J connectivity index is 1.98. The van der Waals surface area contributed by atoms with Crippen molar-refractivity contribution in [2.45, 2.75) is 19.4 Å². The fourth-order valence-electron chi connectivity index (χ4n) is 2.53. The number of anilines is 1. The summed E-state index contributed by atoms with van der Waals surface area (Å²) in [6.07, 6.45) is 0.898. The average Bonchev–Trinajstić information content (AvgIpc) is 2.49. The second-order valence-corrected chi connectivity index (χ2v) is 4.78. The number of hydrogen-bond donors (Lipinski definition) is 0. The summed E-state index contributed by atoms with van der Waals surface area (Å²) in [6.45, 7) is 5.89. The second-order valence-electron chi connectivity index (χ2n) is 4.78. The second kappa shape index (κ2) is 6.44. The third-order valence-electron chi connectivity index (χ3n) is 3.71. The lowest BCUT2D eigenvalue weighted by Gasteiger charge is -2.37. The maximum atomic E-state index is 9.11. The van der Waals surface area contributed by atoms with Crippen LogP contribution in [0.2, 0.25) is 0 Å². The molecular weight excluding hydrogens is 238 g/mol. The predicted octanol–water partition coefficient (Wildman–Crippen LogP) is 2.12. The molecule has 0 bridgehead atoms. The highest BCUT2D eigenvalue weighted by Crippen LogP contribution is 2.22. The topological polar surface area (TPSA) is 39.5 Å². The van der Waals surface area contributed by atoms with E-state index < -0.39 is 0 Å². The van der Waals surface area contributed by atoms with Crippen LogP contribution in [0.5, 0.6) is 5.75 Å². The minimum Gasteiger partial charge on any atom is -0.497 e. The Morgan fingerprint density at radius 1 is 1.32 bits per heavy atom. The van der Waals surface area contributed by atoms with Crippen molar-refractivity contribution >= 4 is 5.69 Å². The number of piperazine rings is 1. The van der Waals surface area contributed by atoms with Crippen molar-refractivity contribution in [3.8, 4) is 11.8 Å². The molecular formula is C15H21N3O. The summed E-state index contributed by atoms with van der Waals surface area (Å²) >= 11 is 0. The monoisotopic (exact) mass is 259 g/mol. The highest BCUT2D eigenvalue weighted by molar-refractivity contribution is 5.51. The Kier molecular flexibility index (Phi) is 4.64. The number of methoxy groups -OCH3 is 1. The van der Waals surface area contributed by atoms with Gasteiger partial charge in [-0.25, -0.2) is 0 Å². The maximum Gasteiger partial charge on any atom is 0.120 e. The van der Waals surface area contributed by atoms with Crippen LogP contribution in [0.3, 0.4) is 0 Å². The fourth-order valence-corrected chi connectivity index (χ4v) is 2.53. The Bertz CT molecular complexity index is 447. The van der Waals surface area contributed by atoms with E-state index in [4.69, 9.17) is 10.00 Å². The summed E-state index contributed by atoms with van der Waals surface area (Å²) in [6, 6.07) is 10.6. The fraction of sp³-hybridized carbons (Fsp3) is 0.533. The van der Waals surface area contributed by atoms with Gasteiger partial charge in [0.2, 0.25) is 0 Å². The first kappa shape index (κ1) is 13.7. The Morgan fingerprint density at radius 2 is 2.05 bits per heavy atom. The molecule has 1 aliphatic rings. The minimum absolute atomic E-state index is 0.0625. The van der Waals surface area contributed by atoms with Crippen molar-refractivity contribution in [1.82, 2.24) is 4.90 Å². The van der Waals surface area contributed by atoms with Gasteiger partial charge in [0.15, 0.2) is 0 Å². The van der Waals surface area contributed by atoms with Gasteiger partial charge in [-0.1, -0.05) is 13.0 Å². The zero-order valence-corrected chi connectivity index (χ0v) is 11.7. The van der Waals surface area contributed by atoms with Crippen molar-refractivity contribution in [1.29, 1.82) is 5.26 Å². The van der Waals surface area contributed by atoms with Gasteiger partial charge in [0, 0.05) is 37.9 Å². The highest BCUT2D eigenvalue weighted by Gasteiger charge is 2.22. The minimum atomic E-state index is 0.0625. The summed E-state index contributed by atoms with van der Waals surface area (Å²) in [5.41, 5.74) is 1.20. The lowest BCUT2D eigenvalue weighted by atomic mass is 10.1. The quantitative estimate of drug-likeness (QED) is 0.830. The van der Waals surface area contributed by atoms with Crippen LogP contribution in [-0.2, 0) is 0 Å². The molecule has 1 heterocycles. The molecule has 0 aromatic heterocycles. The van der Waals surface area contributed by atoms with Crippen LogP contribution in [-0.4, -0.2) is 44.2 Å². The Morgan fingerprint density at radius 3 is 2.63 bits per heavy atom. The smallest absolute Gasteiger partial charge is 0.120 e. The summed E-state index contributed by atoms with van der Waals surface area (Å²) in [7, 11) is 1.69. The molecule has 4 heteroatoms. The van der Waals surface area contributed by atoms with Gasteiger partial charge in [0.25, 0.3) is 0 Å². The van der Waals surface area contributed by atoms with E-state index in [1.807, 2.05) is 12.1 Å². The van der Waals surface area contributed by atoms with E-state index in [2.05, 4.69) is 34.9 Å². The average molecular weight is 259 g/mol. The van der Waals surface area contributed by atoms with Gasteiger partial charge in [-0.2, -0.15) is 5.26 Å². The molecule has 102 valence electrons. The normalized spacial score (nSPS) is 17.8. The van der Waals surface area contributed by atoms with Crippen LogP contribution in [0.25, 0.3) is 0 Å². The first-order chi connectivity index (χ1) is 9.28. The molecule has 4 nitrogen and oxygen atoms in total. The number of ether oxygens (including phenoxy) is 1. The predicted molar refractivity (Wildman–Crippen MR) is 76.5 cm³/mol. The Hall–Kier alpha value is -1.73. The molecule has 0 N–H and O–H groups in total. The highest BCUT2D eigenvalue weighted by atomic mass is 16.5. The van der Waals surface area contributed by atoms with Crippen LogP contribution >= 0.6 is 0 Å². The third-order valence-corrected chi connectivity index (χ3v) is 3.71. The van der Waals surface area contributed by atoms with Crippen LogP contribution in [0.4, 0.5) is 5.69 Å². The van der Waals surface area contributed by atoms with Crippen LogP contribution in [0.1, 0.15) is 13.3 Å². The van der Waals surface area contributed by atoms with E-state index in [0.717, 1.165) is 38.3 Å². The van der Waals surface area contributed by atoms with Gasteiger partial charge < -0.3 is 9.64 Å². The van der Waals surface area contributed by atoms with Crippen LogP contribution in [0.15, 0.2) is 24.3 Å². The van der Waals surface area contributed by atoms with E-state index in [1.165, 1.54) is 5.69 Å². The largest absolute Gasteiger partial charge is 0.497 e. The molecule has 1 saturated heterocycles. The lowest BCUT2D eigenvalue weighted by Crippen LogP contribution is -2.49. The molecule has 1 atom stereocenters. The number of nitriles is 1. The van der Waals surface area contributed by atoms with Gasteiger partial charge >= 0.3 is 0 Å². The summed E-state index contributed by atoms with van der Waals surface area (Å²) in [5.74, 6) is 0.892. The molecule has 1 aromatic carbocycles. The first-order valence-corrected chi connectivity index (χ1v) is 6.81. The zero-order valence-electron chi connectivity index (χ0n) is 11.7. The van der Waals surface area contributed by atoms with Crippen molar-refractivity contribution in [3.63, 3.8) is 0 Å². The van der Waals surface area contributed by atoms with E-state index in [1.54, 1.807) is 7.11 Å². The zero-order chi connectivity index (χ0) is 13.7. The summed E-state index contributed by atoms with van der Waals surface area (Å²) in [5, 5.41) is 9.11. The van der Waals surface area contributed by atoms with Gasteiger partial charge in [-0.3, -0.25) is 4.90 Å². The van der Waals surface area contributed by atoms with Gasteiger partial charge in [0.1, 0.15) is 5.75 Å². The molecule has 0 radical (unpaired) electrons. The van der Waals surface area contributed by atoms with E-state index >= 15 is 0 Å². The number of hydrogen-bond acceptors (Lipinski definition) is 4. The molecule has 1 unspecified atom stereocenters. The third kappa shape index (κ3) is 3.18. The van der Waals surface area contributed by atoms with Crippen LogP contribution in [0, 0.1) is 11.3 Å². The van der Waals surface area contributed by atoms with Crippen molar-refractivity contribution in [3.05, 3.63) is 24.3 Å². The van der Waals surface area contributed by atoms with E-state index in [9.17, 15) is 0 Å². The summed E-state index contributed by atoms with van der Waals surface area (Å²) < 4.78 is 5.26. The Labute approximate surface area is 115 Å². The van der Waals surface area contributed by atoms with Gasteiger partial charge in [0.05, 0.1) is 19.2 Å².